The van der Waals surface area contributed by atoms with Crippen LogP contribution < -0.4 is 14.2 Å². The van der Waals surface area contributed by atoms with E-state index in [2.05, 4.69) is 31.6 Å². The Bertz CT molecular complexity index is 1840. The van der Waals surface area contributed by atoms with Gasteiger partial charge in [0.25, 0.3) is 15.9 Å². The molecule has 1 saturated carbocycles. The summed E-state index contributed by atoms with van der Waals surface area (Å²) >= 11 is 0. The highest BCUT2D eigenvalue weighted by molar-refractivity contribution is 7.92. The molecule has 0 radical (unpaired) electrons. The van der Waals surface area contributed by atoms with Crippen molar-refractivity contribution in [2.24, 2.45) is 11.8 Å². The zero-order chi connectivity index (χ0) is 32.6. The van der Waals surface area contributed by atoms with Crippen LogP contribution in [-0.4, -0.2) is 57.9 Å². The Balaban J connectivity index is 1.46. The van der Waals surface area contributed by atoms with Crippen molar-refractivity contribution in [1.29, 1.82) is 0 Å². The van der Waals surface area contributed by atoms with Gasteiger partial charge in [-0.3, -0.25) is 4.79 Å². The molecule has 6 rings (SSSR count). The van der Waals surface area contributed by atoms with Crippen molar-refractivity contribution in [2.75, 3.05) is 11.3 Å². The summed E-state index contributed by atoms with van der Waals surface area (Å²) in [4.78, 5) is 34.0. The summed E-state index contributed by atoms with van der Waals surface area (Å²) in [6.45, 7) is 10.1. The van der Waals surface area contributed by atoms with Gasteiger partial charge in [-0.15, -0.1) is 0 Å². The number of aromatic nitrogens is 4. The molecule has 12 heteroatoms. The van der Waals surface area contributed by atoms with Gasteiger partial charge in [-0.1, -0.05) is 31.2 Å². The molecule has 4 aromatic rings. The molecule has 0 saturated heterocycles. The molecule has 1 fully saturated rings. The third-order valence-corrected chi connectivity index (χ3v) is 9.78. The lowest BCUT2D eigenvalue weighted by Crippen LogP contribution is -2.47. The number of fused-ring (bicyclic) bond motifs is 4. The topological polar surface area (TPSA) is 136 Å². The Morgan fingerprint density at radius 3 is 2.37 bits per heavy atom. The smallest absolute Gasteiger partial charge is 0.264 e. The summed E-state index contributed by atoms with van der Waals surface area (Å²) in [5, 5.41) is 0. The molecule has 2 aromatic heterocycles. The monoisotopic (exact) mass is 642 g/mol. The van der Waals surface area contributed by atoms with Gasteiger partial charge in [0.15, 0.2) is 5.75 Å². The van der Waals surface area contributed by atoms with Gasteiger partial charge in [0.1, 0.15) is 12.4 Å². The number of nitrogens with zero attached hydrogens (tertiary/aromatic N) is 5. The van der Waals surface area contributed by atoms with Gasteiger partial charge in [-0.05, 0) is 81.7 Å². The van der Waals surface area contributed by atoms with Crippen LogP contribution in [0.3, 0.4) is 0 Å². The van der Waals surface area contributed by atoms with E-state index in [0.29, 0.717) is 23.2 Å². The van der Waals surface area contributed by atoms with Crippen molar-refractivity contribution < 1.29 is 22.7 Å². The highest BCUT2D eigenvalue weighted by Crippen LogP contribution is 2.40. The van der Waals surface area contributed by atoms with E-state index in [9.17, 15) is 13.2 Å². The second kappa shape index (κ2) is 12.7. The molecule has 1 aliphatic carbocycles. The van der Waals surface area contributed by atoms with E-state index in [0.717, 1.165) is 29.5 Å². The standard InChI is InChI=1S/C34H38N6O5S/c1-20(2)45-26-16-35-30(36-17-26)18-40-29(23(5)24-12-13-24)19-44-31-15-28(32-21(3)8-6-9-22(32)4)37-34(38-31)39-46(42,43)27-11-7-10-25(14-27)33(40)41/h6-11,14-17,20,23-24,29H,12-13,18-19H2,1-5H3,(H,37,38,39)/t23?,29-/m0/s1. The minimum atomic E-state index is -4.17. The first-order valence-electron chi connectivity index (χ1n) is 15.5. The van der Waals surface area contributed by atoms with Gasteiger partial charge in [-0.2, -0.15) is 4.98 Å². The number of amides is 1. The third-order valence-electron chi connectivity index (χ3n) is 8.46. The highest BCUT2D eigenvalue weighted by Gasteiger charge is 2.39. The number of carbonyl (C=O) groups is 1. The number of sulfonamides is 1. The van der Waals surface area contributed by atoms with Crippen LogP contribution in [0.2, 0.25) is 0 Å². The van der Waals surface area contributed by atoms with Gasteiger partial charge < -0.3 is 14.4 Å². The largest absolute Gasteiger partial charge is 0.488 e. The molecule has 4 bridgehead atoms. The zero-order valence-corrected chi connectivity index (χ0v) is 27.4. The normalized spacial score (nSPS) is 18.4. The average molecular weight is 643 g/mol. The lowest BCUT2D eigenvalue weighted by Gasteiger charge is -2.35. The number of nitrogens with one attached hydrogen (secondary N) is 1. The van der Waals surface area contributed by atoms with E-state index in [1.807, 2.05) is 45.9 Å². The summed E-state index contributed by atoms with van der Waals surface area (Å²) in [5.74, 6) is 1.18. The molecule has 2 atom stereocenters. The Morgan fingerprint density at radius 2 is 1.70 bits per heavy atom. The molecule has 0 spiro atoms. The van der Waals surface area contributed by atoms with Crippen LogP contribution in [-0.2, 0) is 16.6 Å². The first kappa shape index (κ1) is 31.4. The molecule has 1 unspecified atom stereocenters. The predicted octanol–water partition coefficient (Wildman–Crippen LogP) is 5.59. The van der Waals surface area contributed by atoms with Crippen molar-refractivity contribution in [3.05, 3.63) is 83.4 Å². The molecule has 2 aromatic carbocycles. The van der Waals surface area contributed by atoms with Crippen LogP contribution in [0, 0.1) is 25.7 Å². The fraction of sp³-hybridized carbons (Fsp3) is 0.382. The molecule has 2 aliphatic rings. The number of hydrogen-bond donors (Lipinski definition) is 1. The first-order chi connectivity index (χ1) is 22.0. The number of ether oxygens (including phenoxy) is 2. The van der Waals surface area contributed by atoms with Crippen LogP contribution in [0.4, 0.5) is 5.95 Å². The predicted molar refractivity (Wildman–Crippen MR) is 173 cm³/mol. The summed E-state index contributed by atoms with van der Waals surface area (Å²) in [7, 11) is -4.17. The minimum absolute atomic E-state index is 0.0355. The maximum absolute atomic E-state index is 14.3. The lowest BCUT2D eigenvalue weighted by atomic mass is 9.94. The number of hydrogen-bond acceptors (Lipinski definition) is 9. The van der Waals surface area contributed by atoms with Gasteiger partial charge in [-0.25, -0.2) is 28.1 Å². The van der Waals surface area contributed by atoms with Crippen LogP contribution in [0.15, 0.2) is 65.8 Å². The summed E-state index contributed by atoms with van der Waals surface area (Å²) in [5.41, 5.74) is 3.57. The number of aryl methyl sites for hydroxylation is 2. The van der Waals surface area contributed by atoms with Crippen molar-refractivity contribution in [1.82, 2.24) is 24.8 Å². The molecular formula is C34H38N6O5S. The maximum Gasteiger partial charge on any atom is 0.264 e. The fourth-order valence-corrected chi connectivity index (χ4v) is 6.90. The molecule has 1 aliphatic heterocycles. The lowest BCUT2D eigenvalue weighted by molar-refractivity contribution is 0.0456. The average Bonchev–Trinajstić information content (AvgIpc) is 3.86. The zero-order valence-electron chi connectivity index (χ0n) is 26.6. The van der Waals surface area contributed by atoms with Crippen molar-refractivity contribution in [2.45, 2.75) is 71.0 Å². The van der Waals surface area contributed by atoms with E-state index >= 15 is 0 Å². The maximum atomic E-state index is 14.3. The Morgan fingerprint density at radius 1 is 1.00 bits per heavy atom. The number of carbonyl (C=O) groups excluding carboxylic acids is 1. The minimum Gasteiger partial charge on any atom is -0.488 e. The summed E-state index contributed by atoms with van der Waals surface area (Å²) in [6, 6.07) is 13.2. The number of rotatable bonds is 7. The molecule has 3 heterocycles. The van der Waals surface area contributed by atoms with Gasteiger partial charge in [0.2, 0.25) is 11.8 Å². The van der Waals surface area contributed by atoms with E-state index in [1.54, 1.807) is 35.5 Å². The van der Waals surface area contributed by atoms with Crippen molar-refractivity contribution in [3.8, 4) is 22.9 Å². The number of benzene rings is 2. The van der Waals surface area contributed by atoms with Gasteiger partial charge >= 0.3 is 0 Å². The quantitative estimate of drug-likeness (QED) is 0.274. The number of anilines is 1. The van der Waals surface area contributed by atoms with Crippen LogP contribution in [0.1, 0.15) is 60.9 Å². The first-order valence-corrected chi connectivity index (χ1v) is 17.0. The highest BCUT2D eigenvalue weighted by atomic mass is 32.2. The Kier molecular flexibility index (Phi) is 8.65. The van der Waals surface area contributed by atoms with Crippen LogP contribution in [0.25, 0.3) is 11.3 Å². The van der Waals surface area contributed by atoms with Gasteiger partial charge in [0.05, 0.1) is 41.7 Å². The van der Waals surface area contributed by atoms with E-state index in [1.165, 1.54) is 12.1 Å². The molecule has 1 amide bonds. The van der Waals surface area contributed by atoms with E-state index in [-0.39, 0.29) is 53.4 Å². The van der Waals surface area contributed by atoms with Crippen LogP contribution in [0.5, 0.6) is 11.6 Å². The molecular weight excluding hydrogens is 604 g/mol. The van der Waals surface area contributed by atoms with Crippen molar-refractivity contribution in [3.63, 3.8) is 0 Å². The second-order valence-electron chi connectivity index (χ2n) is 12.3. The third kappa shape index (κ3) is 6.81. The second-order valence-corrected chi connectivity index (χ2v) is 14.0. The van der Waals surface area contributed by atoms with Crippen LogP contribution >= 0.6 is 0 Å². The summed E-state index contributed by atoms with van der Waals surface area (Å²) < 4.78 is 41.9. The molecule has 11 nitrogen and oxygen atoms in total. The molecule has 240 valence electrons. The molecule has 1 N–H and O–H groups in total. The van der Waals surface area contributed by atoms with E-state index < -0.39 is 16.1 Å². The summed E-state index contributed by atoms with van der Waals surface area (Å²) in [6.07, 6.45) is 5.28. The van der Waals surface area contributed by atoms with Gasteiger partial charge in [0, 0.05) is 17.2 Å². The fourth-order valence-electron chi connectivity index (χ4n) is 5.91. The SMILES string of the molecule is Cc1cccc(C)c1-c1cc2nc(n1)NS(=O)(=O)c1cccc(c1)C(=O)N(Cc1ncc(OC(C)C)cn1)[C@H](C(C)C1CC1)CO2. The van der Waals surface area contributed by atoms with Crippen molar-refractivity contribution >= 4 is 21.9 Å². The Labute approximate surface area is 269 Å². The molecule has 46 heavy (non-hydrogen) atoms. The van der Waals surface area contributed by atoms with E-state index in [4.69, 9.17) is 9.47 Å². The Hall–Kier alpha value is -4.58.